The molecule has 0 aliphatic carbocycles. The fraction of sp³-hybridized carbons (Fsp3) is 0.263. The van der Waals surface area contributed by atoms with Crippen LogP contribution in [0.25, 0.3) is 22.4 Å². The fourth-order valence-electron chi connectivity index (χ4n) is 3.11. The average Bonchev–Trinajstić information content (AvgIpc) is 2.95. The third kappa shape index (κ3) is 2.41. The quantitative estimate of drug-likeness (QED) is 0.565. The zero-order valence-corrected chi connectivity index (χ0v) is 14.7. The lowest BCUT2D eigenvalue weighted by Gasteiger charge is -2.11. The van der Waals surface area contributed by atoms with Crippen LogP contribution in [0.4, 0.5) is 0 Å². The normalized spacial score (nSPS) is 11.7. The van der Waals surface area contributed by atoms with Gasteiger partial charge >= 0.3 is 0 Å². The van der Waals surface area contributed by atoms with Gasteiger partial charge < -0.3 is 0 Å². The molecular formula is C19H19N5O. The summed E-state index contributed by atoms with van der Waals surface area (Å²) in [5.74, 6) is 1.60. The molecule has 4 aromatic rings. The highest BCUT2D eigenvalue weighted by Gasteiger charge is 2.14. The molecule has 0 aliphatic rings. The molecule has 0 bridgehead atoms. The lowest BCUT2D eigenvalue weighted by molar-refractivity contribution is 0.864. The van der Waals surface area contributed by atoms with Crippen molar-refractivity contribution in [2.24, 2.45) is 0 Å². The van der Waals surface area contributed by atoms with Gasteiger partial charge in [0.1, 0.15) is 5.82 Å². The second kappa shape index (κ2) is 5.51. The van der Waals surface area contributed by atoms with E-state index in [9.17, 15) is 4.79 Å². The number of aryl methyl sites for hydroxylation is 2. The summed E-state index contributed by atoms with van der Waals surface area (Å²) in [6, 6.07) is 9.97. The minimum atomic E-state index is -0.102. The third-order valence-corrected chi connectivity index (χ3v) is 4.46. The summed E-state index contributed by atoms with van der Waals surface area (Å²) < 4.78 is 3.28. The van der Waals surface area contributed by atoms with Crippen molar-refractivity contribution in [3.63, 3.8) is 0 Å². The second-order valence-electron chi connectivity index (χ2n) is 6.57. The number of rotatable bonds is 2. The van der Waals surface area contributed by atoms with Crippen LogP contribution in [0.1, 0.15) is 36.8 Å². The van der Waals surface area contributed by atoms with Gasteiger partial charge in [0.25, 0.3) is 11.3 Å². The Bertz CT molecular complexity index is 1150. The highest BCUT2D eigenvalue weighted by Crippen LogP contribution is 2.18. The van der Waals surface area contributed by atoms with Gasteiger partial charge in [-0.2, -0.15) is 9.50 Å². The van der Waals surface area contributed by atoms with E-state index in [0.717, 1.165) is 11.2 Å². The van der Waals surface area contributed by atoms with Crippen molar-refractivity contribution >= 4 is 16.7 Å². The summed E-state index contributed by atoms with van der Waals surface area (Å²) in [4.78, 5) is 21.8. The molecule has 3 aromatic heterocycles. The number of hydrogen-bond donors (Lipinski definition) is 0. The number of nitrogens with zero attached hydrogens (tertiary/aromatic N) is 5. The molecule has 0 radical (unpaired) electrons. The highest BCUT2D eigenvalue weighted by atomic mass is 16.1. The van der Waals surface area contributed by atoms with Gasteiger partial charge in [0, 0.05) is 11.9 Å². The Morgan fingerprint density at radius 2 is 1.72 bits per heavy atom. The summed E-state index contributed by atoms with van der Waals surface area (Å²) in [6.45, 7) is 7.95. The minimum Gasteiger partial charge on any atom is -0.284 e. The maximum atomic E-state index is 13.1. The molecule has 3 heterocycles. The molecule has 126 valence electrons. The van der Waals surface area contributed by atoms with Gasteiger partial charge in [0.15, 0.2) is 0 Å². The highest BCUT2D eigenvalue weighted by molar-refractivity contribution is 5.82. The minimum absolute atomic E-state index is 0.102. The molecule has 0 saturated heterocycles. The summed E-state index contributed by atoms with van der Waals surface area (Å²) in [6.07, 6.45) is 1.78. The molecular weight excluding hydrogens is 314 g/mol. The van der Waals surface area contributed by atoms with E-state index in [1.165, 1.54) is 5.56 Å². The zero-order valence-electron chi connectivity index (χ0n) is 14.7. The van der Waals surface area contributed by atoms with Gasteiger partial charge in [-0.1, -0.05) is 26.0 Å². The predicted molar refractivity (Wildman–Crippen MR) is 97.4 cm³/mol. The van der Waals surface area contributed by atoms with Crippen molar-refractivity contribution in [3.05, 3.63) is 64.0 Å². The smallest absolute Gasteiger partial charge is 0.266 e. The lowest BCUT2D eigenvalue weighted by atomic mass is 10.0. The van der Waals surface area contributed by atoms with E-state index in [0.29, 0.717) is 28.6 Å². The van der Waals surface area contributed by atoms with Crippen molar-refractivity contribution in [2.45, 2.75) is 33.6 Å². The van der Waals surface area contributed by atoms with Crippen LogP contribution in [0.2, 0.25) is 0 Å². The standard InChI is InChI=1S/C19H19N5O/c1-11(2)14-5-7-15(8-6-14)23-10-9-16-17(18(23)25)12(3)20-19-21-13(4)22-24(16)19/h5-11H,1-4H3. The largest absolute Gasteiger partial charge is 0.284 e. The Morgan fingerprint density at radius 1 is 1.00 bits per heavy atom. The van der Waals surface area contributed by atoms with Crippen molar-refractivity contribution in [3.8, 4) is 5.69 Å². The maximum absolute atomic E-state index is 13.1. The van der Waals surface area contributed by atoms with Crippen molar-refractivity contribution in [1.82, 2.24) is 24.1 Å². The van der Waals surface area contributed by atoms with Crippen molar-refractivity contribution in [1.29, 1.82) is 0 Å². The van der Waals surface area contributed by atoms with Crippen LogP contribution in [0, 0.1) is 13.8 Å². The lowest BCUT2D eigenvalue weighted by Crippen LogP contribution is -2.20. The second-order valence-corrected chi connectivity index (χ2v) is 6.57. The maximum Gasteiger partial charge on any atom is 0.266 e. The molecule has 4 rings (SSSR count). The first kappa shape index (κ1) is 15.5. The molecule has 0 amide bonds. The van der Waals surface area contributed by atoms with E-state index in [1.54, 1.807) is 15.3 Å². The summed E-state index contributed by atoms with van der Waals surface area (Å²) >= 11 is 0. The molecule has 0 aliphatic heterocycles. The number of fused-ring (bicyclic) bond motifs is 3. The van der Waals surface area contributed by atoms with Crippen molar-refractivity contribution in [2.75, 3.05) is 0 Å². The van der Waals surface area contributed by atoms with Gasteiger partial charge in [-0.25, -0.2) is 4.98 Å². The van der Waals surface area contributed by atoms with E-state index in [1.807, 2.05) is 32.0 Å². The molecule has 0 spiro atoms. The molecule has 0 fully saturated rings. The number of benzene rings is 1. The van der Waals surface area contributed by atoms with Gasteiger partial charge in [-0.3, -0.25) is 9.36 Å². The Labute approximate surface area is 144 Å². The van der Waals surface area contributed by atoms with Crippen LogP contribution in [-0.2, 0) is 0 Å². The Hall–Kier alpha value is -3.02. The van der Waals surface area contributed by atoms with Crippen LogP contribution in [0.15, 0.2) is 41.3 Å². The van der Waals surface area contributed by atoms with Gasteiger partial charge in [0.05, 0.1) is 16.6 Å². The Balaban J connectivity index is 1.97. The number of aromatic nitrogens is 5. The average molecular weight is 333 g/mol. The van der Waals surface area contributed by atoms with Crippen LogP contribution in [-0.4, -0.2) is 24.1 Å². The molecule has 25 heavy (non-hydrogen) atoms. The van der Waals surface area contributed by atoms with E-state index in [-0.39, 0.29) is 5.56 Å². The van der Waals surface area contributed by atoms with E-state index in [2.05, 4.69) is 41.0 Å². The Kier molecular flexibility index (Phi) is 3.42. The first-order valence-electron chi connectivity index (χ1n) is 8.31. The number of pyridine rings is 1. The van der Waals surface area contributed by atoms with Gasteiger partial charge in [-0.15, -0.1) is 5.10 Å². The Morgan fingerprint density at radius 3 is 2.40 bits per heavy atom. The third-order valence-electron chi connectivity index (χ3n) is 4.46. The molecule has 0 N–H and O–H groups in total. The van der Waals surface area contributed by atoms with E-state index >= 15 is 0 Å². The summed E-state index contributed by atoms with van der Waals surface area (Å²) in [5.41, 5.74) is 3.37. The molecule has 6 nitrogen and oxygen atoms in total. The zero-order chi connectivity index (χ0) is 17.7. The predicted octanol–water partition coefficient (Wildman–Crippen LogP) is 3.17. The van der Waals surface area contributed by atoms with Gasteiger partial charge in [-0.05, 0) is 43.5 Å². The molecule has 0 unspecified atom stereocenters. The molecule has 0 atom stereocenters. The van der Waals surface area contributed by atoms with Crippen LogP contribution in [0.3, 0.4) is 0 Å². The monoisotopic (exact) mass is 333 g/mol. The first-order valence-corrected chi connectivity index (χ1v) is 8.31. The molecule has 0 saturated carbocycles. The van der Waals surface area contributed by atoms with E-state index in [4.69, 9.17) is 0 Å². The summed E-state index contributed by atoms with van der Waals surface area (Å²) in [5, 5.41) is 4.91. The van der Waals surface area contributed by atoms with Gasteiger partial charge in [0.2, 0.25) is 0 Å². The SMILES string of the molecule is Cc1nc2nc(C)c3c(=O)n(-c4ccc(C(C)C)cc4)ccc3n2n1. The summed E-state index contributed by atoms with van der Waals surface area (Å²) in [7, 11) is 0. The van der Waals surface area contributed by atoms with E-state index < -0.39 is 0 Å². The van der Waals surface area contributed by atoms with Crippen LogP contribution < -0.4 is 5.56 Å². The molecule has 6 heteroatoms. The topological polar surface area (TPSA) is 65.1 Å². The van der Waals surface area contributed by atoms with Crippen LogP contribution >= 0.6 is 0 Å². The fourth-order valence-corrected chi connectivity index (χ4v) is 3.11. The molecule has 1 aromatic carbocycles. The first-order chi connectivity index (χ1) is 12.0. The van der Waals surface area contributed by atoms with Crippen molar-refractivity contribution < 1.29 is 0 Å². The number of hydrogen-bond acceptors (Lipinski definition) is 4. The van der Waals surface area contributed by atoms with Crippen LogP contribution in [0.5, 0.6) is 0 Å².